The van der Waals surface area contributed by atoms with Crippen LogP contribution in [0, 0.1) is 0 Å². The molecule has 6 heteroatoms. The molecular weight excluding hydrogens is 382 g/mol. The summed E-state index contributed by atoms with van der Waals surface area (Å²) in [6.07, 6.45) is 6.02. The van der Waals surface area contributed by atoms with E-state index in [4.69, 9.17) is 9.72 Å². The van der Waals surface area contributed by atoms with Gasteiger partial charge in [-0.2, -0.15) is 0 Å². The van der Waals surface area contributed by atoms with Crippen molar-refractivity contribution in [1.82, 2.24) is 10.3 Å². The van der Waals surface area contributed by atoms with Crippen LogP contribution in [-0.4, -0.2) is 31.1 Å². The lowest BCUT2D eigenvalue weighted by molar-refractivity contribution is -0.117. The first-order chi connectivity index (χ1) is 14.2. The maximum atomic E-state index is 11.8. The van der Waals surface area contributed by atoms with Crippen LogP contribution in [0.3, 0.4) is 0 Å². The fraction of sp³-hybridized carbons (Fsp3) is 0.174. The number of amides is 1. The number of hydrogen-bond acceptors (Lipinski definition) is 5. The second kappa shape index (κ2) is 8.78. The Kier molecular flexibility index (Phi) is 5.75. The number of carbonyl (C=O) groups excluding carboxylic acids is 1. The molecule has 5 nitrogen and oxygen atoms in total. The van der Waals surface area contributed by atoms with Gasteiger partial charge in [-0.15, -0.1) is 17.1 Å². The molecule has 4 rings (SSSR count). The quantitative estimate of drug-likeness (QED) is 0.428. The highest BCUT2D eigenvalue weighted by Crippen LogP contribution is 2.32. The SMILES string of the molecule is CNc1ccc(-c2nc3ccc(OCCCNC(=O)C4=C=CC=C4)cc3s2)cc1. The van der Waals surface area contributed by atoms with Gasteiger partial charge < -0.3 is 15.4 Å². The Bertz CT molecular complexity index is 1120. The van der Waals surface area contributed by atoms with Crippen LogP contribution >= 0.6 is 11.3 Å². The zero-order valence-corrected chi connectivity index (χ0v) is 16.9. The topological polar surface area (TPSA) is 63.3 Å². The summed E-state index contributed by atoms with van der Waals surface area (Å²) < 4.78 is 6.94. The zero-order valence-electron chi connectivity index (χ0n) is 16.1. The van der Waals surface area contributed by atoms with Gasteiger partial charge >= 0.3 is 0 Å². The number of rotatable bonds is 8. The van der Waals surface area contributed by atoms with Gasteiger partial charge in [0.25, 0.3) is 5.91 Å². The fourth-order valence-corrected chi connectivity index (χ4v) is 3.93. The van der Waals surface area contributed by atoms with Gasteiger partial charge in [-0.05, 0) is 61.0 Å². The Hall–Kier alpha value is -3.34. The van der Waals surface area contributed by atoms with Crippen LogP contribution in [0.25, 0.3) is 20.8 Å². The van der Waals surface area contributed by atoms with Crippen molar-refractivity contribution < 1.29 is 9.53 Å². The summed E-state index contributed by atoms with van der Waals surface area (Å²) in [7, 11) is 1.91. The zero-order chi connectivity index (χ0) is 20.1. The van der Waals surface area contributed by atoms with Gasteiger partial charge in [0.15, 0.2) is 0 Å². The molecule has 1 aliphatic carbocycles. The standard InChI is InChI=1S/C23H21N3O2S/c1-24-18-9-7-17(8-10-18)23-26-20-12-11-19(15-21(20)29-23)28-14-4-13-25-22(27)16-5-2-3-6-16/h2-3,5,7-12,15,24H,4,13-14H2,1H3,(H,25,27). The molecule has 1 heterocycles. The highest BCUT2D eigenvalue weighted by atomic mass is 32.1. The molecule has 29 heavy (non-hydrogen) atoms. The second-order valence-corrected chi connectivity index (χ2v) is 7.55. The number of thiazole rings is 1. The van der Waals surface area contributed by atoms with Gasteiger partial charge in [-0.3, -0.25) is 4.79 Å². The average Bonchev–Trinajstić information content (AvgIpc) is 3.43. The summed E-state index contributed by atoms with van der Waals surface area (Å²) in [5.74, 6) is 0.713. The lowest BCUT2D eigenvalue weighted by Crippen LogP contribution is -2.26. The van der Waals surface area contributed by atoms with Gasteiger partial charge in [0, 0.05) is 24.8 Å². The van der Waals surface area contributed by atoms with Crippen LogP contribution in [-0.2, 0) is 4.79 Å². The van der Waals surface area contributed by atoms with Crippen LogP contribution in [0.5, 0.6) is 5.75 Å². The van der Waals surface area contributed by atoms with Crippen molar-refractivity contribution in [2.45, 2.75) is 6.42 Å². The van der Waals surface area contributed by atoms with E-state index in [0.29, 0.717) is 18.7 Å². The number of fused-ring (bicyclic) bond motifs is 1. The number of carbonyl (C=O) groups is 1. The molecule has 2 N–H and O–H groups in total. The van der Waals surface area contributed by atoms with Crippen molar-refractivity contribution in [2.75, 3.05) is 25.5 Å². The monoisotopic (exact) mass is 403 g/mol. The number of nitrogens with zero attached hydrogens (tertiary/aromatic N) is 1. The molecule has 0 atom stereocenters. The van der Waals surface area contributed by atoms with Crippen LogP contribution < -0.4 is 15.4 Å². The lowest BCUT2D eigenvalue weighted by Gasteiger charge is -2.07. The number of allylic oxidation sites excluding steroid dienone is 1. The number of benzene rings is 2. The largest absolute Gasteiger partial charge is 0.493 e. The molecule has 1 aromatic heterocycles. The minimum atomic E-state index is -0.101. The minimum absolute atomic E-state index is 0.101. The summed E-state index contributed by atoms with van der Waals surface area (Å²) in [5, 5.41) is 6.98. The molecule has 2 aromatic carbocycles. The molecule has 0 aliphatic heterocycles. The third-order valence-corrected chi connectivity index (χ3v) is 5.57. The first-order valence-corrected chi connectivity index (χ1v) is 10.3. The van der Waals surface area contributed by atoms with E-state index in [-0.39, 0.29) is 5.91 Å². The third kappa shape index (κ3) is 4.57. The molecule has 0 saturated heterocycles. The van der Waals surface area contributed by atoms with Crippen molar-refractivity contribution in [3.05, 3.63) is 72.0 Å². The van der Waals surface area contributed by atoms with Crippen LogP contribution in [0.4, 0.5) is 5.69 Å². The maximum Gasteiger partial charge on any atom is 0.259 e. The summed E-state index contributed by atoms with van der Waals surface area (Å²) in [6.45, 7) is 1.10. The number of ether oxygens (including phenoxy) is 1. The van der Waals surface area contributed by atoms with E-state index in [9.17, 15) is 4.79 Å². The summed E-state index contributed by atoms with van der Waals surface area (Å²) in [5.41, 5.74) is 6.60. The Morgan fingerprint density at radius 1 is 1.21 bits per heavy atom. The highest BCUT2D eigenvalue weighted by Gasteiger charge is 2.08. The molecule has 0 fully saturated rings. The van der Waals surface area contributed by atoms with Crippen molar-refractivity contribution >= 4 is 33.1 Å². The molecule has 3 aromatic rings. The van der Waals surface area contributed by atoms with Crippen molar-refractivity contribution in [3.8, 4) is 16.3 Å². The molecule has 146 valence electrons. The molecule has 0 radical (unpaired) electrons. The van der Waals surface area contributed by atoms with Crippen molar-refractivity contribution in [2.24, 2.45) is 0 Å². The molecule has 0 spiro atoms. The first-order valence-electron chi connectivity index (χ1n) is 9.46. The van der Waals surface area contributed by atoms with Crippen LogP contribution in [0.2, 0.25) is 0 Å². The molecule has 0 bridgehead atoms. The molecule has 1 amide bonds. The molecular formula is C23H21N3O2S. The van der Waals surface area contributed by atoms with Gasteiger partial charge in [0.05, 0.1) is 22.4 Å². The van der Waals surface area contributed by atoms with E-state index in [1.54, 1.807) is 29.6 Å². The predicted octanol–water partition coefficient (Wildman–Crippen LogP) is 4.54. The second-order valence-electron chi connectivity index (χ2n) is 6.52. The Labute approximate surface area is 173 Å². The van der Waals surface area contributed by atoms with Crippen LogP contribution in [0.15, 0.2) is 72.0 Å². The molecule has 0 unspecified atom stereocenters. The molecule has 1 aliphatic rings. The summed E-state index contributed by atoms with van der Waals surface area (Å²) >= 11 is 1.65. The number of anilines is 1. The fourth-order valence-electron chi connectivity index (χ4n) is 2.93. The third-order valence-electron chi connectivity index (χ3n) is 4.50. The average molecular weight is 404 g/mol. The van der Waals surface area contributed by atoms with E-state index in [0.717, 1.165) is 38.6 Å². The van der Waals surface area contributed by atoms with Gasteiger partial charge in [0.2, 0.25) is 0 Å². The normalized spacial score (nSPS) is 12.2. The minimum Gasteiger partial charge on any atom is -0.493 e. The Morgan fingerprint density at radius 2 is 2.07 bits per heavy atom. The van der Waals surface area contributed by atoms with Gasteiger partial charge in [0.1, 0.15) is 10.8 Å². The van der Waals surface area contributed by atoms with E-state index < -0.39 is 0 Å². The Morgan fingerprint density at radius 3 is 2.83 bits per heavy atom. The van der Waals surface area contributed by atoms with E-state index in [1.807, 2.05) is 37.4 Å². The van der Waals surface area contributed by atoms with Crippen molar-refractivity contribution in [3.63, 3.8) is 0 Å². The Balaban J connectivity index is 1.32. The van der Waals surface area contributed by atoms with Crippen LogP contribution in [0.1, 0.15) is 6.42 Å². The van der Waals surface area contributed by atoms with Gasteiger partial charge in [-0.25, -0.2) is 4.98 Å². The van der Waals surface area contributed by atoms with Crippen molar-refractivity contribution in [1.29, 1.82) is 0 Å². The molecule has 0 saturated carbocycles. The number of aromatic nitrogens is 1. The van der Waals surface area contributed by atoms with E-state index in [2.05, 4.69) is 28.5 Å². The smallest absolute Gasteiger partial charge is 0.259 e. The maximum absolute atomic E-state index is 11.8. The lowest BCUT2D eigenvalue weighted by atomic mass is 10.2. The summed E-state index contributed by atoms with van der Waals surface area (Å²) in [6, 6.07) is 14.2. The number of nitrogens with one attached hydrogen (secondary N) is 2. The summed E-state index contributed by atoms with van der Waals surface area (Å²) in [4.78, 5) is 16.6. The van der Waals surface area contributed by atoms with Gasteiger partial charge in [-0.1, -0.05) is 6.08 Å². The number of hydrogen-bond donors (Lipinski definition) is 2. The highest BCUT2D eigenvalue weighted by molar-refractivity contribution is 7.21. The first kappa shape index (κ1) is 19.0. The van der Waals surface area contributed by atoms with E-state index >= 15 is 0 Å². The van der Waals surface area contributed by atoms with E-state index in [1.165, 1.54) is 0 Å². The predicted molar refractivity (Wildman–Crippen MR) is 118 cm³/mol.